The quantitative estimate of drug-likeness (QED) is 0.768. The highest BCUT2D eigenvalue weighted by Gasteiger charge is 2.08. The molecule has 5 nitrogen and oxygen atoms in total. The number of pyridine rings is 1. The average molecular weight is 219 g/mol. The third-order valence-corrected chi connectivity index (χ3v) is 2.79. The van der Waals surface area contributed by atoms with E-state index in [1.165, 1.54) is 4.57 Å². The summed E-state index contributed by atoms with van der Waals surface area (Å²) in [6, 6.07) is 0. The van der Waals surface area contributed by atoms with Crippen LogP contribution in [0.4, 0.5) is 0 Å². The van der Waals surface area contributed by atoms with E-state index in [2.05, 4.69) is 9.97 Å². The van der Waals surface area contributed by atoms with Gasteiger partial charge in [-0.15, -0.1) is 0 Å². The predicted octanol–water partition coefficient (Wildman–Crippen LogP) is 0.722. The summed E-state index contributed by atoms with van der Waals surface area (Å²) < 4.78 is 1.42. The topological polar surface area (TPSA) is 67.8 Å². The zero-order valence-corrected chi connectivity index (χ0v) is 9.50. The lowest BCUT2D eigenvalue weighted by atomic mass is 10.2. The normalized spacial score (nSPS) is 10.9. The standard InChI is InChI=1S/C11H13N3O2/c1-4-14-5-8-9(15)6(2)7(3)12-10(8)13-11(14)16/h5H,4H2,1-3H3,(H,12,13,16). The van der Waals surface area contributed by atoms with Crippen LogP contribution >= 0.6 is 0 Å². The molecule has 1 N–H and O–H groups in total. The van der Waals surface area contributed by atoms with E-state index in [4.69, 9.17) is 0 Å². The van der Waals surface area contributed by atoms with Crippen molar-refractivity contribution in [2.75, 3.05) is 0 Å². The highest BCUT2D eigenvalue weighted by molar-refractivity contribution is 5.74. The summed E-state index contributed by atoms with van der Waals surface area (Å²) in [5, 5.41) is 0.463. The van der Waals surface area contributed by atoms with Gasteiger partial charge in [0, 0.05) is 24.0 Å². The molecule has 0 amide bonds. The van der Waals surface area contributed by atoms with Crippen LogP contribution in [-0.2, 0) is 6.54 Å². The lowest BCUT2D eigenvalue weighted by Gasteiger charge is -2.05. The number of nitrogens with zero attached hydrogens (tertiary/aromatic N) is 2. The highest BCUT2D eigenvalue weighted by atomic mass is 16.1. The second-order valence-electron chi connectivity index (χ2n) is 3.78. The van der Waals surface area contributed by atoms with Crippen LogP contribution in [-0.4, -0.2) is 14.5 Å². The van der Waals surface area contributed by atoms with Crippen LogP contribution in [0.15, 0.2) is 15.8 Å². The summed E-state index contributed by atoms with van der Waals surface area (Å²) in [7, 11) is 0. The average Bonchev–Trinajstić information content (AvgIpc) is 2.26. The Morgan fingerprint density at radius 1 is 1.38 bits per heavy atom. The van der Waals surface area contributed by atoms with Gasteiger partial charge in [-0.1, -0.05) is 0 Å². The van der Waals surface area contributed by atoms with Gasteiger partial charge in [-0.2, -0.15) is 4.98 Å². The molecule has 0 saturated heterocycles. The Kier molecular flexibility index (Phi) is 2.38. The number of aromatic nitrogens is 3. The molecular weight excluding hydrogens is 206 g/mol. The number of rotatable bonds is 1. The maximum atomic E-state index is 12.0. The molecule has 2 heterocycles. The lowest BCUT2D eigenvalue weighted by molar-refractivity contribution is 0.706. The Morgan fingerprint density at radius 2 is 2.06 bits per heavy atom. The van der Waals surface area contributed by atoms with Gasteiger partial charge < -0.3 is 4.98 Å². The molecule has 2 rings (SSSR count). The fraction of sp³-hybridized carbons (Fsp3) is 0.364. The molecule has 0 bridgehead atoms. The second-order valence-corrected chi connectivity index (χ2v) is 3.78. The molecule has 84 valence electrons. The number of fused-ring (bicyclic) bond motifs is 1. The van der Waals surface area contributed by atoms with Crippen LogP contribution in [0.2, 0.25) is 0 Å². The van der Waals surface area contributed by atoms with Crippen molar-refractivity contribution in [3.8, 4) is 0 Å². The monoisotopic (exact) mass is 219 g/mol. The van der Waals surface area contributed by atoms with Crippen LogP contribution in [0.3, 0.4) is 0 Å². The van der Waals surface area contributed by atoms with Gasteiger partial charge in [-0.05, 0) is 20.8 Å². The highest BCUT2D eigenvalue weighted by Crippen LogP contribution is 2.05. The Bertz CT molecular complexity index is 667. The molecule has 0 aliphatic rings. The molecule has 0 aliphatic heterocycles. The van der Waals surface area contributed by atoms with Gasteiger partial charge in [0.25, 0.3) is 0 Å². The molecule has 2 aromatic heterocycles. The van der Waals surface area contributed by atoms with Crippen LogP contribution in [0.1, 0.15) is 18.2 Å². The van der Waals surface area contributed by atoms with Crippen molar-refractivity contribution in [2.45, 2.75) is 27.3 Å². The minimum Gasteiger partial charge on any atom is -0.343 e. The van der Waals surface area contributed by atoms with E-state index in [9.17, 15) is 9.59 Å². The maximum Gasteiger partial charge on any atom is 0.349 e. The third-order valence-electron chi connectivity index (χ3n) is 2.79. The Hall–Kier alpha value is -1.91. The van der Waals surface area contributed by atoms with Gasteiger partial charge >= 0.3 is 5.69 Å². The summed E-state index contributed by atoms with van der Waals surface area (Å²) >= 11 is 0. The van der Waals surface area contributed by atoms with E-state index in [0.717, 1.165) is 5.69 Å². The number of nitrogens with one attached hydrogen (secondary N) is 1. The number of aromatic amines is 1. The lowest BCUT2D eigenvalue weighted by Crippen LogP contribution is -2.24. The maximum absolute atomic E-state index is 12.0. The Balaban J connectivity index is 2.98. The van der Waals surface area contributed by atoms with E-state index in [1.54, 1.807) is 20.0 Å². The number of hydrogen-bond acceptors (Lipinski definition) is 3. The van der Waals surface area contributed by atoms with E-state index in [1.807, 2.05) is 6.92 Å². The van der Waals surface area contributed by atoms with Crippen LogP contribution in [0.25, 0.3) is 11.0 Å². The molecule has 0 aromatic carbocycles. The summed E-state index contributed by atoms with van der Waals surface area (Å²) in [5.74, 6) is 0. The first kappa shape index (κ1) is 10.6. The molecule has 0 saturated carbocycles. The minimum atomic E-state index is -0.339. The number of aryl methyl sites for hydroxylation is 2. The summed E-state index contributed by atoms with van der Waals surface area (Å²) in [4.78, 5) is 30.3. The molecule has 0 aliphatic carbocycles. The van der Waals surface area contributed by atoms with Crippen LogP contribution in [0.5, 0.6) is 0 Å². The number of hydrogen-bond donors (Lipinski definition) is 1. The largest absolute Gasteiger partial charge is 0.349 e. The van der Waals surface area contributed by atoms with Crippen molar-refractivity contribution in [3.63, 3.8) is 0 Å². The third kappa shape index (κ3) is 1.44. The molecule has 0 fully saturated rings. The first-order valence-corrected chi connectivity index (χ1v) is 5.15. The number of H-pyrrole nitrogens is 1. The molecule has 0 radical (unpaired) electrons. The SMILES string of the molecule is CCn1cc2c(=O)c(C)c(C)[nH]c2nc1=O. The molecule has 0 unspecified atom stereocenters. The second kappa shape index (κ2) is 3.59. The predicted molar refractivity (Wildman–Crippen MR) is 61.8 cm³/mol. The summed E-state index contributed by atoms with van der Waals surface area (Å²) in [6.07, 6.45) is 1.57. The van der Waals surface area contributed by atoms with Crippen molar-refractivity contribution in [2.24, 2.45) is 0 Å². The van der Waals surface area contributed by atoms with Crippen LogP contribution < -0.4 is 11.1 Å². The van der Waals surface area contributed by atoms with Crippen molar-refractivity contribution in [1.29, 1.82) is 0 Å². The van der Waals surface area contributed by atoms with Gasteiger partial charge in [0.1, 0.15) is 5.65 Å². The van der Waals surface area contributed by atoms with Gasteiger partial charge in [-0.3, -0.25) is 9.36 Å². The Labute approximate surface area is 91.8 Å². The van der Waals surface area contributed by atoms with Gasteiger partial charge in [0.2, 0.25) is 0 Å². The van der Waals surface area contributed by atoms with E-state index >= 15 is 0 Å². The zero-order valence-electron chi connectivity index (χ0n) is 9.50. The van der Waals surface area contributed by atoms with E-state index < -0.39 is 0 Å². The van der Waals surface area contributed by atoms with E-state index in [0.29, 0.717) is 23.1 Å². The molecule has 0 spiro atoms. The molecule has 16 heavy (non-hydrogen) atoms. The van der Waals surface area contributed by atoms with Crippen molar-refractivity contribution < 1.29 is 0 Å². The zero-order chi connectivity index (χ0) is 11.9. The fourth-order valence-corrected chi connectivity index (χ4v) is 1.62. The van der Waals surface area contributed by atoms with Gasteiger partial charge in [0.15, 0.2) is 5.43 Å². The molecular formula is C11H13N3O2. The first-order chi connectivity index (χ1) is 7.54. The van der Waals surface area contributed by atoms with Crippen LogP contribution in [0, 0.1) is 13.8 Å². The fourth-order valence-electron chi connectivity index (χ4n) is 1.62. The van der Waals surface area contributed by atoms with E-state index in [-0.39, 0.29) is 11.1 Å². The molecule has 2 aromatic rings. The summed E-state index contributed by atoms with van der Waals surface area (Å²) in [5.41, 5.74) is 1.37. The van der Waals surface area contributed by atoms with Crippen molar-refractivity contribution >= 4 is 11.0 Å². The van der Waals surface area contributed by atoms with Crippen molar-refractivity contribution in [3.05, 3.63) is 38.2 Å². The van der Waals surface area contributed by atoms with Crippen molar-refractivity contribution in [1.82, 2.24) is 14.5 Å². The first-order valence-electron chi connectivity index (χ1n) is 5.15. The Morgan fingerprint density at radius 3 is 2.69 bits per heavy atom. The molecule has 5 heteroatoms. The smallest absolute Gasteiger partial charge is 0.343 e. The van der Waals surface area contributed by atoms with Gasteiger partial charge in [-0.25, -0.2) is 4.79 Å². The molecule has 0 atom stereocenters. The summed E-state index contributed by atoms with van der Waals surface area (Å²) in [6.45, 7) is 5.90. The van der Waals surface area contributed by atoms with Gasteiger partial charge in [0.05, 0.1) is 5.39 Å². The minimum absolute atomic E-state index is 0.0686.